The van der Waals surface area contributed by atoms with Gasteiger partial charge in [0.15, 0.2) is 0 Å². The Labute approximate surface area is 104 Å². The molecule has 1 aliphatic carbocycles. The predicted octanol–water partition coefficient (Wildman–Crippen LogP) is 2.38. The maximum Gasteiger partial charge on any atom is 0.255 e. The van der Waals surface area contributed by atoms with Crippen LogP contribution >= 0.6 is 11.6 Å². The lowest BCUT2D eigenvalue weighted by atomic mass is 10.2. The maximum atomic E-state index is 5.95. The first-order valence-electron chi connectivity index (χ1n) is 5.90. The summed E-state index contributed by atoms with van der Waals surface area (Å²) in [6, 6.07) is 2.34. The Bertz CT molecular complexity index is 538. The highest BCUT2D eigenvalue weighted by molar-refractivity contribution is 6.29. The molecule has 2 unspecified atom stereocenters. The van der Waals surface area contributed by atoms with Gasteiger partial charge in [-0.25, -0.2) is 0 Å². The molecule has 6 heteroatoms. The van der Waals surface area contributed by atoms with Gasteiger partial charge in [0.25, 0.3) is 5.78 Å². The summed E-state index contributed by atoms with van der Waals surface area (Å²) in [5, 5.41) is 8.04. The van der Waals surface area contributed by atoms with E-state index < -0.39 is 0 Å². The third kappa shape index (κ3) is 2.07. The molecule has 2 aromatic rings. The van der Waals surface area contributed by atoms with Gasteiger partial charge in [0, 0.05) is 12.1 Å². The minimum Gasteiger partial charge on any atom is -0.367 e. The lowest BCUT2D eigenvalue weighted by Crippen LogP contribution is -2.10. The number of hydrogen-bond acceptors (Lipinski definition) is 4. The van der Waals surface area contributed by atoms with Gasteiger partial charge in [-0.05, 0) is 18.8 Å². The number of rotatable bonds is 4. The quantitative estimate of drug-likeness (QED) is 0.848. The Kier molecular flexibility index (Phi) is 2.63. The first kappa shape index (κ1) is 10.8. The molecule has 2 aromatic heterocycles. The molecule has 0 amide bonds. The lowest BCUT2D eigenvalue weighted by Gasteiger charge is -2.07. The van der Waals surface area contributed by atoms with Crippen LogP contribution in [0.1, 0.15) is 26.2 Å². The number of fused-ring (bicyclic) bond motifs is 1. The second-order valence-corrected chi connectivity index (χ2v) is 4.86. The smallest absolute Gasteiger partial charge is 0.255 e. The van der Waals surface area contributed by atoms with Crippen LogP contribution in [0.5, 0.6) is 0 Å². The number of nitrogens with one attached hydrogen (secondary N) is 1. The number of hydrogen-bond donors (Lipinski definition) is 1. The van der Waals surface area contributed by atoms with E-state index in [4.69, 9.17) is 11.6 Å². The fourth-order valence-corrected chi connectivity index (χ4v) is 2.37. The van der Waals surface area contributed by atoms with Crippen molar-refractivity contribution in [2.75, 3.05) is 5.32 Å². The van der Waals surface area contributed by atoms with Crippen LogP contribution in [0.15, 0.2) is 12.4 Å². The number of halogens is 1. The van der Waals surface area contributed by atoms with E-state index in [1.807, 2.05) is 0 Å². The van der Waals surface area contributed by atoms with Crippen molar-refractivity contribution in [3.8, 4) is 0 Å². The minimum absolute atomic E-state index is 0.445. The third-order valence-electron chi connectivity index (χ3n) is 3.14. The first-order chi connectivity index (χ1) is 8.28. The molecule has 1 fully saturated rings. The van der Waals surface area contributed by atoms with E-state index in [9.17, 15) is 0 Å². The number of nitrogens with zero attached hydrogens (tertiary/aromatic N) is 4. The molecule has 0 spiro atoms. The van der Waals surface area contributed by atoms with Crippen LogP contribution in [-0.2, 0) is 0 Å². The van der Waals surface area contributed by atoms with E-state index in [-0.39, 0.29) is 0 Å². The van der Waals surface area contributed by atoms with Crippen LogP contribution in [0.3, 0.4) is 0 Å². The molecule has 1 aliphatic rings. The zero-order valence-electron chi connectivity index (χ0n) is 9.60. The molecule has 1 N–H and O–H groups in total. The normalized spacial score (nSPS) is 22.9. The average Bonchev–Trinajstić information content (AvgIpc) is 2.85. The van der Waals surface area contributed by atoms with E-state index in [2.05, 4.69) is 27.3 Å². The van der Waals surface area contributed by atoms with Gasteiger partial charge in [-0.1, -0.05) is 24.9 Å². The Balaban J connectivity index is 1.83. The number of anilines is 1. The van der Waals surface area contributed by atoms with Gasteiger partial charge in [0.1, 0.15) is 17.3 Å². The van der Waals surface area contributed by atoms with Crippen LogP contribution in [0.4, 0.5) is 5.82 Å². The molecule has 2 heterocycles. The van der Waals surface area contributed by atoms with Crippen molar-refractivity contribution in [3.05, 3.63) is 17.5 Å². The van der Waals surface area contributed by atoms with Crippen molar-refractivity contribution < 1.29 is 0 Å². The van der Waals surface area contributed by atoms with Crippen molar-refractivity contribution in [2.24, 2.45) is 5.92 Å². The molecule has 1 saturated carbocycles. The molecular weight excluding hydrogens is 238 g/mol. The Morgan fingerprint density at radius 3 is 3.29 bits per heavy atom. The Hall–Kier alpha value is -1.36. The zero-order valence-corrected chi connectivity index (χ0v) is 10.4. The van der Waals surface area contributed by atoms with Gasteiger partial charge in [0.05, 0.1) is 0 Å². The summed E-state index contributed by atoms with van der Waals surface area (Å²) in [6.45, 7) is 2.22. The Morgan fingerprint density at radius 2 is 2.47 bits per heavy atom. The largest absolute Gasteiger partial charge is 0.367 e. The molecule has 0 aromatic carbocycles. The van der Waals surface area contributed by atoms with Gasteiger partial charge >= 0.3 is 0 Å². The molecule has 90 valence electrons. The summed E-state index contributed by atoms with van der Waals surface area (Å²) in [6.07, 6.45) is 5.22. The number of aromatic nitrogens is 4. The van der Waals surface area contributed by atoms with Crippen molar-refractivity contribution in [2.45, 2.75) is 32.2 Å². The van der Waals surface area contributed by atoms with Crippen LogP contribution in [0.2, 0.25) is 5.15 Å². The molecule has 0 saturated heterocycles. The van der Waals surface area contributed by atoms with E-state index in [1.54, 1.807) is 10.6 Å². The monoisotopic (exact) mass is 251 g/mol. The van der Waals surface area contributed by atoms with Crippen molar-refractivity contribution in [1.82, 2.24) is 19.6 Å². The molecule has 0 bridgehead atoms. The Morgan fingerprint density at radius 1 is 1.59 bits per heavy atom. The summed E-state index contributed by atoms with van der Waals surface area (Å²) >= 11 is 5.95. The van der Waals surface area contributed by atoms with Crippen molar-refractivity contribution in [3.63, 3.8) is 0 Å². The van der Waals surface area contributed by atoms with E-state index in [1.165, 1.54) is 25.6 Å². The average molecular weight is 252 g/mol. The molecule has 0 aliphatic heterocycles. The van der Waals surface area contributed by atoms with E-state index in [0.29, 0.717) is 17.0 Å². The van der Waals surface area contributed by atoms with Crippen LogP contribution in [0.25, 0.3) is 5.78 Å². The van der Waals surface area contributed by atoms with Gasteiger partial charge in [-0.3, -0.25) is 0 Å². The summed E-state index contributed by atoms with van der Waals surface area (Å²) in [7, 11) is 0. The summed E-state index contributed by atoms with van der Waals surface area (Å²) in [5.41, 5.74) is 0. The molecule has 17 heavy (non-hydrogen) atoms. The molecule has 0 radical (unpaired) electrons. The van der Waals surface area contributed by atoms with Gasteiger partial charge in [0.2, 0.25) is 0 Å². The fourth-order valence-electron chi connectivity index (χ4n) is 2.19. The predicted molar refractivity (Wildman–Crippen MR) is 66.2 cm³/mol. The zero-order chi connectivity index (χ0) is 11.8. The second-order valence-electron chi connectivity index (χ2n) is 4.47. The third-order valence-corrected chi connectivity index (χ3v) is 3.33. The van der Waals surface area contributed by atoms with E-state index >= 15 is 0 Å². The van der Waals surface area contributed by atoms with E-state index in [0.717, 1.165) is 11.7 Å². The summed E-state index contributed by atoms with van der Waals surface area (Å²) in [4.78, 5) is 8.13. The van der Waals surface area contributed by atoms with Gasteiger partial charge < -0.3 is 5.32 Å². The molecule has 3 rings (SSSR count). The molecule has 2 atom stereocenters. The molecular formula is C11H14ClN5. The second kappa shape index (κ2) is 4.14. The van der Waals surface area contributed by atoms with Crippen LogP contribution in [0, 0.1) is 5.92 Å². The van der Waals surface area contributed by atoms with Gasteiger partial charge in [-0.2, -0.15) is 19.6 Å². The van der Waals surface area contributed by atoms with Crippen LogP contribution in [-0.4, -0.2) is 25.6 Å². The van der Waals surface area contributed by atoms with Gasteiger partial charge in [-0.15, -0.1) is 0 Å². The minimum atomic E-state index is 0.445. The van der Waals surface area contributed by atoms with Crippen molar-refractivity contribution >= 4 is 23.2 Å². The molecule has 5 nitrogen and oxygen atoms in total. The lowest BCUT2D eigenvalue weighted by molar-refractivity contribution is 0.691. The maximum absolute atomic E-state index is 5.95. The highest BCUT2D eigenvalue weighted by Crippen LogP contribution is 2.37. The topological polar surface area (TPSA) is 55.1 Å². The first-order valence-corrected chi connectivity index (χ1v) is 6.28. The highest BCUT2D eigenvalue weighted by atomic mass is 35.5. The fraction of sp³-hybridized carbons (Fsp3) is 0.545. The summed E-state index contributed by atoms with van der Waals surface area (Å²) < 4.78 is 1.69. The van der Waals surface area contributed by atoms with Crippen molar-refractivity contribution in [1.29, 1.82) is 0 Å². The highest BCUT2D eigenvalue weighted by Gasteiger charge is 2.36. The standard InChI is InChI=1S/C11H14ClN5/c1-2-3-7-4-8(7)15-10-5-9(12)16-11-13-6-14-17(10)11/h5-8,15H,2-4H2,1H3. The van der Waals surface area contributed by atoms with Crippen LogP contribution < -0.4 is 5.32 Å². The summed E-state index contributed by atoms with van der Waals surface area (Å²) in [5.74, 6) is 2.19. The SMILES string of the molecule is CCCC1CC1Nc1cc(Cl)nc2ncnn12.